The molecule has 0 heterocycles. The van der Waals surface area contributed by atoms with Crippen molar-refractivity contribution in [2.45, 2.75) is 13.0 Å². The summed E-state index contributed by atoms with van der Waals surface area (Å²) in [5.41, 5.74) is 0.735. The number of esters is 2. The second-order valence-electron chi connectivity index (χ2n) is 3.64. The minimum absolute atomic E-state index is 0.0128. The number of methoxy groups -OCH3 is 1. The van der Waals surface area contributed by atoms with Crippen LogP contribution in [0.2, 0.25) is 0 Å². The molecule has 1 aromatic carbocycles. The van der Waals surface area contributed by atoms with Crippen molar-refractivity contribution < 1.29 is 19.1 Å². The van der Waals surface area contributed by atoms with E-state index in [-0.39, 0.29) is 5.57 Å². The second-order valence-corrected chi connectivity index (χ2v) is 3.64. The van der Waals surface area contributed by atoms with E-state index in [1.54, 1.807) is 12.1 Å². The Morgan fingerprint density at radius 2 is 1.89 bits per heavy atom. The summed E-state index contributed by atoms with van der Waals surface area (Å²) in [6.45, 7) is 4.77. The third-order valence-electron chi connectivity index (χ3n) is 2.17. The zero-order valence-corrected chi connectivity index (χ0v) is 10.8. The number of carbonyl (C=O) groups excluding carboxylic acids is 2. The van der Waals surface area contributed by atoms with E-state index in [9.17, 15) is 9.59 Å². The number of benzene rings is 1. The van der Waals surface area contributed by atoms with Gasteiger partial charge < -0.3 is 9.47 Å². The molecule has 0 bridgehead atoms. The summed E-state index contributed by atoms with van der Waals surface area (Å²) < 4.78 is 9.47. The van der Waals surface area contributed by atoms with Crippen molar-refractivity contribution in [3.8, 4) is 11.8 Å². The van der Waals surface area contributed by atoms with E-state index in [2.05, 4.69) is 23.2 Å². The van der Waals surface area contributed by atoms with Gasteiger partial charge in [-0.05, 0) is 18.1 Å². The molecule has 98 valence electrons. The zero-order valence-electron chi connectivity index (χ0n) is 10.8. The van der Waals surface area contributed by atoms with Crippen LogP contribution in [0, 0.1) is 11.8 Å². The predicted octanol–water partition coefficient (Wildman–Crippen LogP) is 1.70. The third-order valence-corrected chi connectivity index (χ3v) is 2.17. The molecule has 0 aromatic heterocycles. The first kappa shape index (κ1) is 14.5. The van der Waals surface area contributed by atoms with Crippen LogP contribution in [0.25, 0.3) is 0 Å². The number of hydrogen-bond donors (Lipinski definition) is 0. The summed E-state index contributed by atoms with van der Waals surface area (Å²) in [7, 11) is 1.23. The molecule has 0 aliphatic heterocycles. The number of ether oxygens (including phenoxy) is 2. The van der Waals surface area contributed by atoms with Crippen molar-refractivity contribution in [1.29, 1.82) is 0 Å². The Bertz CT molecular complexity index is 534. The number of hydrogen-bond acceptors (Lipinski definition) is 4. The highest BCUT2D eigenvalue weighted by molar-refractivity contribution is 5.90. The van der Waals surface area contributed by atoms with Gasteiger partial charge in [-0.2, -0.15) is 0 Å². The normalized spacial score (nSPS) is 10.6. The van der Waals surface area contributed by atoms with E-state index in [4.69, 9.17) is 4.74 Å². The van der Waals surface area contributed by atoms with Crippen LogP contribution in [0.3, 0.4) is 0 Å². The zero-order chi connectivity index (χ0) is 14.3. The SMILES string of the molecule is C=C(C(=O)OC)C(C#Cc1ccccc1)OC(C)=O. The lowest BCUT2D eigenvalue weighted by Gasteiger charge is -2.11. The first-order valence-corrected chi connectivity index (χ1v) is 5.55. The third kappa shape index (κ3) is 4.68. The van der Waals surface area contributed by atoms with Crippen molar-refractivity contribution >= 4 is 11.9 Å². The fourth-order valence-corrected chi connectivity index (χ4v) is 1.26. The van der Waals surface area contributed by atoms with Gasteiger partial charge in [-0.25, -0.2) is 4.79 Å². The predicted molar refractivity (Wildman–Crippen MR) is 70.0 cm³/mol. The van der Waals surface area contributed by atoms with Crippen LogP contribution in [0.15, 0.2) is 42.5 Å². The highest BCUT2D eigenvalue weighted by Crippen LogP contribution is 2.07. The van der Waals surface area contributed by atoms with Crippen LogP contribution in [0.4, 0.5) is 0 Å². The lowest BCUT2D eigenvalue weighted by atomic mass is 10.1. The molecule has 1 rings (SSSR count). The van der Waals surface area contributed by atoms with Crippen LogP contribution in [0.5, 0.6) is 0 Å². The highest BCUT2D eigenvalue weighted by atomic mass is 16.6. The molecule has 4 nitrogen and oxygen atoms in total. The van der Waals surface area contributed by atoms with Crippen molar-refractivity contribution in [2.75, 3.05) is 7.11 Å². The Kier molecular flexibility index (Phi) is 5.36. The Morgan fingerprint density at radius 1 is 1.26 bits per heavy atom. The number of carbonyl (C=O) groups is 2. The summed E-state index contributed by atoms with van der Waals surface area (Å²) in [6, 6.07) is 9.14. The van der Waals surface area contributed by atoms with Crippen molar-refractivity contribution in [3.63, 3.8) is 0 Å². The molecule has 19 heavy (non-hydrogen) atoms. The Morgan fingerprint density at radius 3 is 2.42 bits per heavy atom. The Hall–Kier alpha value is -2.54. The average Bonchev–Trinajstić information content (AvgIpc) is 2.42. The Labute approximate surface area is 112 Å². The van der Waals surface area contributed by atoms with Crippen LogP contribution in [-0.2, 0) is 19.1 Å². The first-order valence-electron chi connectivity index (χ1n) is 5.55. The van der Waals surface area contributed by atoms with Gasteiger partial charge in [0.05, 0.1) is 12.7 Å². The minimum atomic E-state index is -1.01. The van der Waals surface area contributed by atoms with Crippen molar-refractivity contribution in [3.05, 3.63) is 48.0 Å². The summed E-state index contributed by atoms with van der Waals surface area (Å²) in [5.74, 6) is 4.30. The topological polar surface area (TPSA) is 52.6 Å². The van der Waals surface area contributed by atoms with Crippen molar-refractivity contribution in [2.24, 2.45) is 0 Å². The summed E-state index contributed by atoms with van der Waals surface area (Å²) in [6.07, 6.45) is -1.01. The molecule has 0 fully saturated rings. The van der Waals surface area contributed by atoms with Crippen LogP contribution < -0.4 is 0 Å². The smallest absolute Gasteiger partial charge is 0.337 e. The summed E-state index contributed by atoms with van der Waals surface area (Å²) in [5, 5.41) is 0. The summed E-state index contributed by atoms with van der Waals surface area (Å²) >= 11 is 0. The van der Waals surface area contributed by atoms with E-state index in [1.807, 2.05) is 18.2 Å². The molecule has 1 unspecified atom stereocenters. The molecule has 0 radical (unpaired) electrons. The van der Waals surface area contributed by atoms with Gasteiger partial charge in [0.1, 0.15) is 0 Å². The summed E-state index contributed by atoms with van der Waals surface area (Å²) in [4.78, 5) is 22.4. The largest absolute Gasteiger partial charge is 0.466 e. The van der Waals surface area contributed by atoms with E-state index in [1.165, 1.54) is 14.0 Å². The fraction of sp³-hybridized carbons (Fsp3) is 0.200. The molecule has 1 aromatic rings. The fourth-order valence-electron chi connectivity index (χ4n) is 1.26. The first-order chi connectivity index (χ1) is 9.04. The van der Waals surface area contributed by atoms with Crippen LogP contribution in [0.1, 0.15) is 12.5 Å². The monoisotopic (exact) mass is 258 g/mol. The minimum Gasteiger partial charge on any atom is -0.466 e. The molecule has 0 N–H and O–H groups in total. The van der Waals surface area contributed by atoms with Gasteiger partial charge in [0.2, 0.25) is 0 Å². The van der Waals surface area contributed by atoms with Gasteiger partial charge >= 0.3 is 11.9 Å². The second kappa shape index (κ2) is 7.02. The van der Waals surface area contributed by atoms with Crippen LogP contribution >= 0.6 is 0 Å². The van der Waals surface area contributed by atoms with Gasteiger partial charge in [0, 0.05) is 12.5 Å². The maximum atomic E-state index is 11.4. The average molecular weight is 258 g/mol. The van der Waals surface area contributed by atoms with E-state index in [0.717, 1.165) is 5.56 Å². The maximum absolute atomic E-state index is 11.4. The molecule has 0 saturated heterocycles. The van der Waals surface area contributed by atoms with Crippen LogP contribution in [-0.4, -0.2) is 25.2 Å². The van der Waals surface area contributed by atoms with Gasteiger partial charge in [-0.1, -0.05) is 30.7 Å². The molecule has 0 spiro atoms. The lowest BCUT2D eigenvalue weighted by molar-refractivity contribution is -0.144. The van der Waals surface area contributed by atoms with Gasteiger partial charge in [0.15, 0.2) is 6.10 Å². The highest BCUT2D eigenvalue weighted by Gasteiger charge is 2.20. The molecule has 1 atom stereocenters. The quantitative estimate of drug-likeness (QED) is 0.470. The molecule has 4 heteroatoms. The van der Waals surface area contributed by atoms with Crippen molar-refractivity contribution in [1.82, 2.24) is 0 Å². The molecular weight excluding hydrogens is 244 g/mol. The standard InChI is InChI=1S/C15H14O4/c1-11(15(17)18-3)14(19-12(2)16)10-9-13-7-5-4-6-8-13/h4-8,14H,1H2,2-3H3. The molecule has 0 amide bonds. The Balaban J connectivity index is 2.93. The number of rotatable bonds is 3. The molecule has 0 aliphatic rings. The van der Waals surface area contributed by atoms with E-state index in [0.29, 0.717) is 0 Å². The van der Waals surface area contributed by atoms with Gasteiger partial charge in [0.25, 0.3) is 0 Å². The maximum Gasteiger partial charge on any atom is 0.337 e. The molecule has 0 aliphatic carbocycles. The molecular formula is C15H14O4. The van der Waals surface area contributed by atoms with Gasteiger partial charge in [-0.3, -0.25) is 4.79 Å². The molecule has 0 saturated carbocycles. The van der Waals surface area contributed by atoms with E-state index < -0.39 is 18.0 Å². The van der Waals surface area contributed by atoms with Gasteiger partial charge in [-0.15, -0.1) is 0 Å². The lowest BCUT2D eigenvalue weighted by Crippen LogP contribution is -2.22. The van der Waals surface area contributed by atoms with E-state index >= 15 is 0 Å².